The minimum Gasteiger partial charge on any atom is -0.358 e. The van der Waals surface area contributed by atoms with Crippen LogP contribution in [-0.4, -0.2) is 13.7 Å². The van der Waals surface area contributed by atoms with E-state index in [-0.39, 0.29) is 40.1 Å². The van der Waals surface area contributed by atoms with E-state index in [1.165, 1.54) is 60.6 Å². The molecule has 0 aliphatic rings. The first-order valence-corrected chi connectivity index (χ1v) is 21.4. The van der Waals surface area contributed by atoms with Crippen LogP contribution in [0.15, 0.2) is 122 Å². The van der Waals surface area contributed by atoms with Crippen molar-refractivity contribution in [2.45, 2.75) is 111 Å². The SMILES string of the molecule is CC.CC.CC.CC.CC.CC.CC.Cc1cccc2c3ccccc3n(-c3n(C)cc[n+]3C)c12.Cc1ccccc1-n1c2ccccc2c2ccc[n+](C)c21.[CH3-].[Y]. The summed E-state index contributed by atoms with van der Waals surface area (Å²) in [6, 6.07) is 36.6. The van der Waals surface area contributed by atoms with Crippen LogP contribution in [0, 0.1) is 21.3 Å². The normalized spacial score (nSPS) is 9.02. The molecule has 4 aromatic heterocycles. The second-order valence-electron chi connectivity index (χ2n) is 11.1. The van der Waals surface area contributed by atoms with Crippen LogP contribution in [0.3, 0.4) is 0 Å². The summed E-state index contributed by atoms with van der Waals surface area (Å²) in [6.07, 6.45) is 6.29. The summed E-state index contributed by atoms with van der Waals surface area (Å²) >= 11 is 0. The minimum absolute atomic E-state index is 0. The summed E-state index contributed by atoms with van der Waals surface area (Å²) in [4.78, 5) is 0. The maximum Gasteiger partial charge on any atom is 0.369 e. The Kier molecular flexibility index (Phi) is 32.0. The van der Waals surface area contributed by atoms with Crippen molar-refractivity contribution in [1.82, 2.24) is 13.7 Å². The predicted octanol–water partition coefficient (Wildman–Crippen LogP) is 14.8. The first-order chi connectivity index (χ1) is 27.5. The molecule has 0 saturated heterocycles. The number of aryl methyl sites for hydroxylation is 5. The number of nitrogens with zero attached hydrogens (tertiary/aromatic N) is 5. The zero-order chi connectivity index (χ0) is 43.0. The molecule has 0 saturated carbocycles. The largest absolute Gasteiger partial charge is 0.369 e. The van der Waals surface area contributed by atoms with Gasteiger partial charge in [0.05, 0.1) is 45.1 Å². The van der Waals surface area contributed by atoms with Gasteiger partial charge in [-0.3, -0.25) is 0 Å². The Balaban J connectivity index is -0.000000782. The zero-order valence-electron chi connectivity index (χ0n) is 40.4. The molecule has 0 atom stereocenters. The predicted molar refractivity (Wildman–Crippen MR) is 258 cm³/mol. The van der Waals surface area contributed by atoms with E-state index in [0.29, 0.717) is 0 Å². The smallest absolute Gasteiger partial charge is 0.358 e. The molecule has 6 heteroatoms. The molecule has 8 rings (SSSR count). The second kappa shape index (κ2) is 31.9. The first-order valence-electron chi connectivity index (χ1n) is 21.4. The van der Waals surface area contributed by atoms with Gasteiger partial charge in [0.25, 0.3) is 5.65 Å². The fourth-order valence-corrected chi connectivity index (χ4v) is 6.46. The van der Waals surface area contributed by atoms with Crippen molar-refractivity contribution < 1.29 is 41.8 Å². The van der Waals surface area contributed by atoms with Gasteiger partial charge in [0, 0.05) is 48.9 Å². The number of benzene rings is 4. The maximum atomic E-state index is 2.36. The molecule has 58 heavy (non-hydrogen) atoms. The number of hydrogen-bond acceptors (Lipinski definition) is 0. The molecule has 5 nitrogen and oxygen atoms in total. The van der Waals surface area contributed by atoms with Crippen molar-refractivity contribution in [2.24, 2.45) is 21.1 Å². The van der Waals surface area contributed by atoms with Crippen molar-refractivity contribution in [3.63, 3.8) is 0 Å². The molecule has 0 aliphatic carbocycles. The van der Waals surface area contributed by atoms with Gasteiger partial charge in [0.2, 0.25) is 0 Å². The Bertz CT molecular complexity index is 2250. The van der Waals surface area contributed by atoms with Gasteiger partial charge < -0.3 is 7.43 Å². The molecule has 315 valence electrons. The molecule has 8 aromatic rings. The topological polar surface area (TPSA) is 22.5 Å². The maximum absolute atomic E-state index is 2.36. The number of pyridine rings is 1. The average molecular weight is 864 g/mol. The third-order valence-corrected chi connectivity index (χ3v) is 8.39. The van der Waals surface area contributed by atoms with Gasteiger partial charge in [-0.2, -0.15) is 9.13 Å². The molecule has 1 radical (unpaired) electrons. The molecule has 0 fully saturated rings. The third kappa shape index (κ3) is 13.0. The van der Waals surface area contributed by atoms with E-state index in [1.54, 1.807) is 0 Å². The molecular formula is C52H80N5Y+. The van der Waals surface area contributed by atoms with Crippen LogP contribution < -0.4 is 9.13 Å². The number of hydrogen-bond donors (Lipinski definition) is 0. The molecule has 4 aromatic carbocycles. The number of fused-ring (bicyclic) bond motifs is 6. The molecule has 0 N–H and O–H groups in total. The van der Waals surface area contributed by atoms with Gasteiger partial charge in [-0.05, 0) is 61.4 Å². The van der Waals surface area contributed by atoms with Crippen LogP contribution in [0.1, 0.15) is 108 Å². The Morgan fingerprint density at radius 1 is 0.431 bits per heavy atom. The van der Waals surface area contributed by atoms with Crippen LogP contribution in [0.5, 0.6) is 0 Å². The fraction of sp³-hybridized carbons (Fsp3) is 0.365. The summed E-state index contributed by atoms with van der Waals surface area (Å²) in [7, 11) is 6.29. The van der Waals surface area contributed by atoms with Crippen molar-refractivity contribution in [3.8, 4) is 11.6 Å². The van der Waals surface area contributed by atoms with Gasteiger partial charge in [0.1, 0.15) is 22.2 Å². The van der Waals surface area contributed by atoms with E-state index >= 15 is 0 Å². The molecule has 0 bridgehead atoms. The van der Waals surface area contributed by atoms with Crippen molar-refractivity contribution in [1.29, 1.82) is 0 Å². The van der Waals surface area contributed by atoms with Crippen LogP contribution in [0.25, 0.3) is 55.4 Å². The van der Waals surface area contributed by atoms with Gasteiger partial charge in [-0.15, -0.1) is 0 Å². The first kappa shape index (κ1) is 58.3. The van der Waals surface area contributed by atoms with E-state index in [9.17, 15) is 0 Å². The second-order valence-corrected chi connectivity index (χ2v) is 11.1. The van der Waals surface area contributed by atoms with Crippen LogP contribution in [-0.2, 0) is 53.9 Å². The van der Waals surface area contributed by atoms with Crippen molar-refractivity contribution in [3.05, 3.63) is 140 Å². The van der Waals surface area contributed by atoms with E-state index in [4.69, 9.17) is 0 Å². The average Bonchev–Trinajstić information content (AvgIpc) is 3.92. The number of imidazole rings is 1. The Labute approximate surface area is 380 Å². The zero-order valence-corrected chi connectivity index (χ0v) is 43.2. The van der Waals surface area contributed by atoms with Gasteiger partial charge in [-0.1, -0.05) is 164 Å². The van der Waals surface area contributed by atoms with E-state index < -0.39 is 0 Å². The number of para-hydroxylation sites is 4. The minimum atomic E-state index is 0. The Morgan fingerprint density at radius 2 is 0.862 bits per heavy atom. The molecule has 0 amide bonds. The van der Waals surface area contributed by atoms with Crippen molar-refractivity contribution in [2.75, 3.05) is 0 Å². The Hall–Kier alpha value is -4.06. The quantitative estimate of drug-likeness (QED) is 0.122. The summed E-state index contributed by atoms with van der Waals surface area (Å²) in [5.41, 5.74) is 8.84. The van der Waals surface area contributed by atoms with Gasteiger partial charge in [0.15, 0.2) is 0 Å². The standard InChI is InChI=1S/C19H17N2.C18H18N3.7C2H6.CH3.Y/c1-14-8-3-5-11-17(14)21-18-12-6-4-9-15(18)16-10-7-13-20(2)19(16)21;1-13-7-6-9-15-14-8-4-5-10-16(14)21(17(13)15)18-19(2)11-12-20(18)3;7*1-2;;/h3-13H,1-2H3;4-12H,1-3H3;7*1-2H3;1H3;/q2*+1;;;;;;;;-1;. The summed E-state index contributed by atoms with van der Waals surface area (Å²) < 4.78 is 11.2. The van der Waals surface area contributed by atoms with Crippen LogP contribution >= 0.6 is 0 Å². The van der Waals surface area contributed by atoms with E-state index in [0.717, 1.165) is 5.95 Å². The molecule has 0 unspecified atom stereocenters. The molecule has 4 heterocycles. The van der Waals surface area contributed by atoms with Crippen LogP contribution in [0.4, 0.5) is 0 Å². The summed E-state index contributed by atoms with van der Waals surface area (Å²) in [5.74, 6) is 1.16. The molecular weight excluding hydrogens is 784 g/mol. The fourth-order valence-electron chi connectivity index (χ4n) is 6.46. The molecule has 0 spiro atoms. The summed E-state index contributed by atoms with van der Waals surface area (Å²) in [5, 5.41) is 5.20. The number of aromatic nitrogens is 5. The van der Waals surface area contributed by atoms with Gasteiger partial charge >= 0.3 is 5.95 Å². The van der Waals surface area contributed by atoms with Crippen molar-refractivity contribution >= 4 is 43.7 Å². The van der Waals surface area contributed by atoms with Gasteiger partial charge in [-0.25, -0.2) is 13.7 Å². The number of rotatable bonds is 2. The van der Waals surface area contributed by atoms with E-state index in [2.05, 4.69) is 180 Å². The monoisotopic (exact) mass is 864 g/mol. The van der Waals surface area contributed by atoms with Crippen LogP contribution in [0.2, 0.25) is 0 Å². The third-order valence-electron chi connectivity index (χ3n) is 8.39. The Morgan fingerprint density at radius 3 is 1.38 bits per heavy atom. The summed E-state index contributed by atoms with van der Waals surface area (Å²) in [6.45, 7) is 32.3. The van der Waals surface area contributed by atoms with E-state index in [1.807, 2.05) is 96.9 Å². The molecule has 0 aliphatic heterocycles.